The number of amides is 3. The molecule has 2 N–H and O–H groups in total. The first-order valence-electron chi connectivity index (χ1n) is 9.51. The molecule has 10 heteroatoms. The third kappa shape index (κ3) is 9.52. The van der Waals surface area contributed by atoms with E-state index in [9.17, 15) is 19.2 Å². The number of alkyl carbamates (subject to hydrolysis) is 1. The third-order valence-corrected chi connectivity index (χ3v) is 5.42. The van der Waals surface area contributed by atoms with Gasteiger partial charge < -0.3 is 20.1 Å². The Bertz CT molecular complexity index is 531. The predicted molar refractivity (Wildman–Crippen MR) is 106 cm³/mol. The maximum atomic E-state index is 12.3. The molecule has 1 atom stereocenters. The molecule has 0 bridgehead atoms. The van der Waals surface area contributed by atoms with E-state index in [0.717, 1.165) is 18.7 Å². The van der Waals surface area contributed by atoms with Crippen LogP contribution in [0.5, 0.6) is 0 Å². The van der Waals surface area contributed by atoms with Crippen LogP contribution >= 0.6 is 11.8 Å². The SMILES string of the molecule is CNCCCSC1CC(=O)N(CCC(=O)CCCNC(=O)OCCOC)C1=O. The number of Topliss-reactive ketones (excluding diaryl/α,β-unsaturated/α-hetero) is 1. The first-order valence-corrected chi connectivity index (χ1v) is 10.6. The van der Waals surface area contributed by atoms with Gasteiger partial charge >= 0.3 is 6.09 Å². The van der Waals surface area contributed by atoms with Crippen LogP contribution in [-0.2, 0) is 23.9 Å². The molecular weight excluding hydrogens is 386 g/mol. The molecule has 1 unspecified atom stereocenters. The number of nitrogens with one attached hydrogen (secondary N) is 2. The lowest BCUT2D eigenvalue weighted by atomic mass is 10.1. The summed E-state index contributed by atoms with van der Waals surface area (Å²) in [5, 5.41) is 5.27. The molecule has 0 aliphatic carbocycles. The van der Waals surface area contributed by atoms with Crippen LogP contribution in [0.2, 0.25) is 0 Å². The number of nitrogens with zero attached hydrogens (tertiary/aromatic N) is 1. The van der Waals surface area contributed by atoms with Crippen molar-refractivity contribution in [1.82, 2.24) is 15.5 Å². The number of hydrogen-bond donors (Lipinski definition) is 2. The van der Waals surface area contributed by atoms with E-state index in [1.165, 1.54) is 23.8 Å². The summed E-state index contributed by atoms with van der Waals surface area (Å²) in [5.74, 6) is 0.385. The lowest BCUT2D eigenvalue weighted by Crippen LogP contribution is -2.33. The average Bonchev–Trinajstić information content (AvgIpc) is 2.94. The van der Waals surface area contributed by atoms with E-state index in [1.54, 1.807) is 0 Å². The number of hydrogen-bond acceptors (Lipinski definition) is 8. The second-order valence-corrected chi connectivity index (χ2v) is 7.66. The van der Waals surface area contributed by atoms with E-state index in [1.807, 2.05) is 7.05 Å². The van der Waals surface area contributed by atoms with Gasteiger partial charge in [-0.15, -0.1) is 11.8 Å². The number of methoxy groups -OCH3 is 1. The molecule has 1 aliphatic rings. The Morgan fingerprint density at radius 1 is 1.18 bits per heavy atom. The van der Waals surface area contributed by atoms with Gasteiger partial charge in [0.25, 0.3) is 0 Å². The molecule has 1 rings (SSSR count). The lowest BCUT2D eigenvalue weighted by Gasteiger charge is -2.14. The molecule has 9 nitrogen and oxygen atoms in total. The second kappa shape index (κ2) is 14.4. The summed E-state index contributed by atoms with van der Waals surface area (Å²) >= 11 is 1.50. The quantitative estimate of drug-likeness (QED) is 0.294. The summed E-state index contributed by atoms with van der Waals surface area (Å²) < 4.78 is 9.60. The van der Waals surface area contributed by atoms with Gasteiger partial charge in [0.2, 0.25) is 11.8 Å². The minimum Gasteiger partial charge on any atom is -0.447 e. The topological polar surface area (TPSA) is 114 Å². The van der Waals surface area contributed by atoms with Crippen molar-refractivity contribution < 1.29 is 28.7 Å². The Balaban J connectivity index is 2.17. The molecular formula is C18H31N3O6S. The van der Waals surface area contributed by atoms with Crippen LogP contribution < -0.4 is 10.6 Å². The summed E-state index contributed by atoms with van der Waals surface area (Å²) in [5.41, 5.74) is 0. The predicted octanol–water partition coefficient (Wildman–Crippen LogP) is 0.569. The van der Waals surface area contributed by atoms with Crippen molar-refractivity contribution >= 4 is 35.5 Å². The van der Waals surface area contributed by atoms with Gasteiger partial charge in [-0.25, -0.2) is 4.79 Å². The lowest BCUT2D eigenvalue weighted by molar-refractivity contribution is -0.138. The molecule has 3 amide bonds. The van der Waals surface area contributed by atoms with Crippen molar-refractivity contribution in [3.63, 3.8) is 0 Å². The summed E-state index contributed by atoms with van der Waals surface area (Å²) in [6.07, 6.45) is 1.50. The van der Waals surface area contributed by atoms with Crippen LogP contribution in [0.3, 0.4) is 0 Å². The number of carbonyl (C=O) groups is 4. The number of ketones is 1. The molecule has 0 radical (unpaired) electrons. The van der Waals surface area contributed by atoms with Gasteiger partial charge in [0.05, 0.1) is 11.9 Å². The minimum atomic E-state index is -0.545. The van der Waals surface area contributed by atoms with Crippen molar-refractivity contribution in [2.75, 3.05) is 52.8 Å². The number of ether oxygens (including phenoxy) is 2. The number of likely N-dealkylation sites (tertiary alicyclic amines) is 1. The van der Waals surface area contributed by atoms with Gasteiger partial charge in [0.15, 0.2) is 0 Å². The monoisotopic (exact) mass is 417 g/mol. The van der Waals surface area contributed by atoms with Crippen LogP contribution in [0, 0.1) is 0 Å². The van der Waals surface area contributed by atoms with Crippen molar-refractivity contribution in [2.45, 2.75) is 37.4 Å². The summed E-state index contributed by atoms with van der Waals surface area (Å²) in [6.45, 7) is 1.84. The average molecular weight is 418 g/mol. The molecule has 0 aromatic rings. The van der Waals surface area contributed by atoms with Gasteiger partial charge in [0, 0.05) is 39.5 Å². The summed E-state index contributed by atoms with van der Waals surface area (Å²) in [6, 6.07) is 0. The molecule has 28 heavy (non-hydrogen) atoms. The maximum Gasteiger partial charge on any atom is 0.407 e. The van der Waals surface area contributed by atoms with Crippen LogP contribution in [0.4, 0.5) is 4.79 Å². The van der Waals surface area contributed by atoms with E-state index in [4.69, 9.17) is 9.47 Å². The Morgan fingerprint density at radius 2 is 1.96 bits per heavy atom. The number of thioether (sulfide) groups is 1. The molecule has 1 heterocycles. The van der Waals surface area contributed by atoms with Crippen LogP contribution in [0.15, 0.2) is 0 Å². The molecule has 1 aliphatic heterocycles. The van der Waals surface area contributed by atoms with E-state index in [2.05, 4.69) is 10.6 Å². The van der Waals surface area contributed by atoms with Crippen molar-refractivity contribution in [3.05, 3.63) is 0 Å². The van der Waals surface area contributed by atoms with Crippen LogP contribution in [0.25, 0.3) is 0 Å². The van der Waals surface area contributed by atoms with Crippen molar-refractivity contribution in [2.24, 2.45) is 0 Å². The molecule has 0 spiro atoms. The van der Waals surface area contributed by atoms with Crippen LogP contribution in [0.1, 0.15) is 32.1 Å². The fourth-order valence-electron chi connectivity index (χ4n) is 2.60. The summed E-state index contributed by atoms with van der Waals surface area (Å²) in [7, 11) is 3.39. The van der Waals surface area contributed by atoms with E-state index >= 15 is 0 Å². The van der Waals surface area contributed by atoms with Crippen molar-refractivity contribution in [1.29, 1.82) is 0 Å². The van der Waals surface area contributed by atoms with Gasteiger partial charge in [0.1, 0.15) is 12.4 Å². The minimum absolute atomic E-state index is 0.0414. The number of imide groups is 1. The Labute approximate surface area is 170 Å². The van der Waals surface area contributed by atoms with Crippen LogP contribution in [-0.4, -0.2) is 86.6 Å². The van der Waals surface area contributed by atoms with Gasteiger partial charge in [-0.3, -0.25) is 19.3 Å². The third-order valence-electron chi connectivity index (χ3n) is 4.13. The zero-order chi connectivity index (χ0) is 20.8. The zero-order valence-corrected chi connectivity index (χ0v) is 17.5. The second-order valence-electron chi connectivity index (χ2n) is 6.35. The molecule has 1 fully saturated rings. The van der Waals surface area contributed by atoms with E-state index in [0.29, 0.717) is 19.6 Å². The fourth-order valence-corrected chi connectivity index (χ4v) is 3.72. The molecule has 160 valence electrons. The molecule has 0 saturated carbocycles. The maximum absolute atomic E-state index is 12.3. The first kappa shape index (κ1) is 24.4. The van der Waals surface area contributed by atoms with E-state index < -0.39 is 6.09 Å². The summed E-state index contributed by atoms with van der Waals surface area (Å²) in [4.78, 5) is 48.9. The Kier molecular flexibility index (Phi) is 12.5. The number of rotatable bonds is 15. The Hall–Kier alpha value is -1.65. The largest absolute Gasteiger partial charge is 0.447 e. The molecule has 1 saturated heterocycles. The van der Waals surface area contributed by atoms with Crippen molar-refractivity contribution in [3.8, 4) is 0 Å². The zero-order valence-electron chi connectivity index (χ0n) is 16.7. The van der Waals surface area contributed by atoms with Gasteiger partial charge in [-0.05, 0) is 32.2 Å². The van der Waals surface area contributed by atoms with E-state index in [-0.39, 0.29) is 55.3 Å². The molecule has 0 aromatic heterocycles. The van der Waals surface area contributed by atoms with Gasteiger partial charge in [-0.2, -0.15) is 0 Å². The van der Waals surface area contributed by atoms with Gasteiger partial charge in [-0.1, -0.05) is 0 Å². The highest BCUT2D eigenvalue weighted by molar-refractivity contribution is 8.00. The standard InChI is InChI=1S/C18H31N3O6S/c1-19-7-4-12-28-15-13-16(23)21(17(15)24)9-6-14(22)5-3-8-20-18(25)27-11-10-26-2/h15,19H,3-13H2,1-2H3,(H,20,25). The number of carbonyl (C=O) groups excluding carboxylic acids is 4. The highest BCUT2D eigenvalue weighted by atomic mass is 32.2. The highest BCUT2D eigenvalue weighted by Gasteiger charge is 2.38. The smallest absolute Gasteiger partial charge is 0.407 e. The molecule has 0 aromatic carbocycles. The highest BCUT2D eigenvalue weighted by Crippen LogP contribution is 2.25. The Morgan fingerprint density at radius 3 is 2.68 bits per heavy atom. The first-order chi connectivity index (χ1) is 13.5. The normalized spacial score (nSPS) is 16.5. The fraction of sp³-hybridized carbons (Fsp3) is 0.778.